The molecule has 5 nitrogen and oxygen atoms in total. The molecule has 0 spiro atoms. The summed E-state index contributed by atoms with van der Waals surface area (Å²) in [7, 11) is 1.66. The summed E-state index contributed by atoms with van der Waals surface area (Å²) in [5, 5.41) is 6.96. The Kier molecular flexibility index (Phi) is 3.47. The molecule has 0 fully saturated rings. The van der Waals surface area contributed by atoms with Gasteiger partial charge in [-0.2, -0.15) is 4.98 Å². The van der Waals surface area contributed by atoms with Crippen molar-refractivity contribution in [1.29, 1.82) is 0 Å². The molecule has 0 unspecified atom stereocenters. The van der Waals surface area contributed by atoms with Crippen LogP contribution in [0.25, 0.3) is 11.4 Å². The Morgan fingerprint density at radius 1 is 1.00 bits per heavy atom. The summed E-state index contributed by atoms with van der Waals surface area (Å²) >= 11 is 0. The second kappa shape index (κ2) is 5.58. The van der Waals surface area contributed by atoms with Crippen molar-refractivity contribution < 1.29 is 4.79 Å². The Balaban J connectivity index is 1.85. The zero-order chi connectivity index (χ0) is 14.7. The molecule has 0 aliphatic heterocycles. The highest BCUT2D eigenvalue weighted by Gasteiger charge is 2.17. The summed E-state index contributed by atoms with van der Waals surface area (Å²) in [6.45, 7) is 0. The standard InChI is InChI=1S/C16H14N4O/c1-20(15(21)13-10-6-3-7-11-13)16-17-14(18-19-16)12-8-4-2-5-9-12/h2-11H,1H3,(H,17,18,19). The highest BCUT2D eigenvalue weighted by molar-refractivity contribution is 6.04. The normalized spacial score (nSPS) is 10.3. The lowest BCUT2D eigenvalue weighted by Gasteiger charge is -2.12. The molecule has 0 saturated heterocycles. The first kappa shape index (κ1) is 13.1. The smallest absolute Gasteiger partial charge is 0.260 e. The number of benzene rings is 2. The van der Waals surface area contributed by atoms with Crippen molar-refractivity contribution in [3.63, 3.8) is 0 Å². The summed E-state index contributed by atoms with van der Waals surface area (Å²) in [5.41, 5.74) is 1.53. The first-order chi connectivity index (χ1) is 10.3. The van der Waals surface area contributed by atoms with E-state index in [4.69, 9.17) is 0 Å². The van der Waals surface area contributed by atoms with E-state index in [1.165, 1.54) is 4.90 Å². The molecule has 104 valence electrons. The third kappa shape index (κ3) is 2.67. The summed E-state index contributed by atoms with van der Waals surface area (Å²) in [5.74, 6) is 0.843. The van der Waals surface area contributed by atoms with Gasteiger partial charge in [0.1, 0.15) is 0 Å². The Hall–Kier alpha value is -2.95. The van der Waals surface area contributed by atoms with Crippen LogP contribution in [-0.2, 0) is 0 Å². The number of H-pyrrole nitrogens is 1. The molecule has 0 aliphatic carbocycles. The van der Waals surface area contributed by atoms with E-state index in [1.807, 2.05) is 48.5 Å². The number of rotatable bonds is 3. The molecular weight excluding hydrogens is 264 g/mol. The maximum atomic E-state index is 12.3. The van der Waals surface area contributed by atoms with Gasteiger partial charge in [0, 0.05) is 18.2 Å². The van der Waals surface area contributed by atoms with Gasteiger partial charge in [-0.05, 0) is 12.1 Å². The summed E-state index contributed by atoms with van der Waals surface area (Å²) in [6.07, 6.45) is 0. The molecule has 1 amide bonds. The molecule has 3 rings (SSSR count). The SMILES string of the molecule is CN(C(=O)c1ccccc1)c1n[nH]c(-c2ccccc2)n1. The van der Waals surface area contributed by atoms with Crippen molar-refractivity contribution in [2.75, 3.05) is 11.9 Å². The molecular formula is C16H14N4O. The summed E-state index contributed by atoms with van der Waals surface area (Å²) in [6, 6.07) is 18.7. The van der Waals surface area contributed by atoms with Gasteiger partial charge in [-0.25, -0.2) is 0 Å². The van der Waals surface area contributed by atoms with E-state index in [2.05, 4.69) is 15.2 Å². The Morgan fingerprint density at radius 2 is 1.62 bits per heavy atom. The van der Waals surface area contributed by atoms with E-state index in [0.29, 0.717) is 17.3 Å². The van der Waals surface area contributed by atoms with Crippen LogP contribution in [0.5, 0.6) is 0 Å². The monoisotopic (exact) mass is 278 g/mol. The van der Waals surface area contributed by atoms with E-state index in [1.54, 1.807) is 19.2 Å². The van der Waals surface area contributed by atoms with E-state index >= 15 is 0 Å². The zero-order valence-corrected chi connectivity index (χ0v) is 11.5. The van der Waals surface area contributed by atoms with Gasteiger partial charge in [0.15, 0.2) is 5.82 Å². The van der Waals surface area contributed by atoms with Crippen LogP contribution < -0.4 is 4.90 Å². The molecule has 3 aromatic rings. The van der Waals surface area contributed by atoms with Crippen LogP contribution in [0.15, 0.2) is 60.7 Å². The molecule has 0 aliphatic rings. The predicted octanol–water partition coefficient (Wildman–Crippen LogP) is 2.75. The average Bonchev–Trinajstić information content (AvgIpc) is 3.05. The van der Waals surface area contributed by atoms with Crippen molar-refractivity contribution in [2.24, 2.45) is 0 Å². The Labute approximate surface area is 122 Å². The van der Waals surface area contributed by atoms with E-state index in [-0.39, 0.29) is 5.91 Å². The van der Waals surface area contributed by atoms with Gasteiger partial charge in [0.2, 0.25) is 0 Å². The molecule has 1 heterocycles. The number of amides is 1. The fraction of sp³-hybridized carbons (Fsp3) is 0.0625. The number of nitrogens with zero attached hydrogens (tertiary/aromatic N) is 3. The van der Waals surface area contributed by atoms with Gasteiger partial charge in [0.25, 0.3) is 11.9 Å². The van der Waals surface area contributed by atoms with Gasteiger partial charge < -0.3 is 0 Å². The van der Waals surface area contributed by atoms with Gasteiger partial charge in [0.05, 0.1) is 0 Å². The largest absolute Gasteiger partial charge is 0.278 e. The molecule has 0 bridgehead atoms. The average molecular weight is 278 g/mol. The number of aromatic nitrogens is 3. The maximum absolute atomic E-state index is 12.3. The topological polar surface area (TPSA) is 61.9 Å². The number of nitrogens with one attached hydrogen (secondary N) is 1. The lowest BCUT2D eigenvalue weighted by Crippen LogP contribution is -2.27. The van der Waals surface area contributed by atoms with Gasteiger partial charge >= 0.3 is 0 Å². The van der Waals surface area contributed by atoms with Gasteiger partial charge in [-0.15, -0.1) is 5.10 Å². The van der Waals surface area contributed by atoms with E-state index in [0.717, 1.165) is 5.56 Å². The van der Waals surface area contributed by atoms with Crippen LogP contribution in [0.4, 0.5) is 5.95 Å². The molecule has 0 radical (unpaired) electrons. The number of hydrogen-bond acceptors (Lipinski definition) is 3. The minimum Gasteiger partial charge on any atom is -0.278 e. The number of anilines is 1. The summed E-state index contributed by atoms with van der Waals surface area (Å²) < 4.78 is 0. The second-order valence-electron chi connectivity index (χ2n) is 4.58. The van der Waals surface area contributed by atoms with Crippen LogP contribution >= 0.6 is 0 Å². The maximum Gasteiger partial charge on any atom is 0.260 e. The lowest BCUT2D eigenvalue weighted by atomic mass is 10.2. The van der Waals surface area contributed by atoms with Crippen LogP contribution in [0.3, 0.4) is 0 Å². The fourth-order valence-electron chi connectivity index (χ4n) is 1.99. The molecule has 21 heavy (non-hydrogen) atoms. The second-order valence-corrected chi connectivity index (χ2v) is 4.58. The third-order valence-corrected chi connectivity index (χ3v) is 3.15. The van der Waals surface area contributed by atoms with Crippen molar-refractivity contribution >= 4 is 11.9 Å². The predicted molar refractivity (Wildman–Crippen MR) is 81.0 cm³/mol. The van der Waals surface area contributed by atoms with E-state index < -0.39 is 0 Å². The first-order valence-electron chi connectivity index (χ1n) is 6.56. The fourth-order valence-corrected chi connectivity index (χ4v) is 1.99. The van der Waals surface area contributed by atoms with Crippen LogP contribution in [0.2, 0.25) is 0 Å². The lowest BCUT2D eigenvalue weighted by molar-refractivity contribution is 0.0991. The van der Waals surface area contributed by atoms with Crippen molar-refractivity contribution in [1.82, 2.24) is 15.2 Å². The quantitative estimate of drug-likeness (QED) is 0.801. The van der Waals surface area contributed by atoms with Gasteiger partial charge in [-0.3, -0.25) is 14.8 Å². The Morgan fingerprint density at radius 3 is 2.29 bits per heavy atom. The molecule has 2 aromatic carbocycles. The Bertz CT molecular complexity index is 737. The number of carbonyl (C=O) groups is 1. The highest BCUT2D eigenvalue weighted by atomic mass is 16.2. The van der Waals surface area contributed by atoms with Crippen LogP contribution in [-0.4, -0.2) is 28.1 Å². The third-order valence-electron chi connectivity index (χ3n) is 3.15. The van der Waals surface area contributed by atoms with Crippen molar-refractivity contribution in [3.05, 3.63) is 66.2 Å². The molecule has 1 N–H and O–H groups in total. The molecule has 5 heteroatoms. The van der Waals surface area contributed by atoms with E-state index in [9.17, 15) is 4.79 Å². The summed E-state index contributed by atoms with van der Waals surface area (Å²) in [4.78, 5) is 18.1. The minimum atomic E-state index is -0.144. The number of carbonyl (C=O) groups excluding carboxylic acids is 1. The van der Waals surface area contributed by atoms with Crippen LogP contribution in [0, 0.1) is 0 Å². The molecule has 1 aromatic heterocycles. The minimum absolute atomic E-state index is 0.144. The van der Waals surface area contributed by atoms with Crippen molar-refractivity contribution in [2.45, 2.75) is 0 Å². The van der Waals surface area contributed by atoms with Crippen LogP contribution in [0.1, 0.15) is 10.4 Å². The van der Waals surface area contributed by atoms with Crippen molar-refractivity contribution in [3.8, 4) is 11.4 Å². The van der Waals surface area contributed by atoms with Gasteiger partial charge in [-0.1, -0.05) is 48.5 Å². The number of aromatic amines is 1. The highest BCUT2D eigenvalue weighted by Crippen LogP contribution is 2.17. The zero-order valence-electron chi connectivity index (χ0n) is 11.5. The first-order valence-corrected chi connectivity index (χ1v) is 6.56. The number of hydrogen-bond donors (Lipinski definition) is 1. The molecule has 0 saturated carbocycles. The molecule has 0 atom stereocenters.